The van der Waals surface area contributed by atoms with E-state index in [-0.39, 0.29) is 17.8 Å². The van der Waals surface area contributed by atoms with Gasteiger partial charge in [-0.1, -0.05) is 44.2 Å². The topological polar surface area (TPSA) is 61.4 Å². The van der Waals surface area contributed by atoms with Crippen LogP contribution in [0.4, 0.5) is 14.9 Å². The molecular weight excluding hydrogens is 357 g/mol. The van der Waals surface area contributed by atoms with Gasteiger partial charge in [0.2, 0.25) is 5.91 Å². The van der Waals surface area contributed by atoms with Gasteiger partial charge in [0.1, 0.15) is 5.82 Å². The number of carbonyl (C=O) groups excluding carboxylic acids is 2. The highest BCUT2D eigenvalue weighted by molar-refractivity contribution is 5.90. The normalized spacial score (nSPS) is 13.6. The first kappa shape index (κ1) is 19.9. The Morgan fingerprint density at radius 1 is 1.14 bits per heavy atom. The number of carbonyl (C=O) groups is 2. The summed E-state index contributed by atoms with van der Waals surface area (Å²) in [4.78, 5) is 25.8. The van der Waals surface area contributed by atoms with Crippen molar-refractivity contribution in [3.63, 3.8) is 0 Å². The maximum absolute atomic E-state index is 14.1. The number of nitrogens with zero attached hydrogens (tertiary/aromatic N) is 1. The monoisotopic (exact) mass is 383 g/mol. The lowest BCUT2D eigenvalue weighted by Crippen LogP contribution is -2.46. The third kappa shape index (κ3) is 4.32. The van der Waals surface area contributed by atoms with Crippen molar-refractivity contribution in [1.82, 2.24) is 10.2 Å². The molecule has 0 saturated heterocycles. The van der Waals surface area contributed by atoms with E-state index in [9.17, 15) is 14.0 Å². The number of nitrogens with one attached hydrogen (secondary N) is 2. The van der Waals surface area contributed by atoms with E-state index >= 15 is 0 Å². The van der Waals surface area contributed by atoms with Crippen molar-refractivity contribution in [2.24, 2.45) is 0 Å². The summed E-state index contributed by atoms with van der Waals surface area (Å²) in [6, 6.07) is 12.2. The highest BCUT2D eigenvalue weighted by atomic mass is 19.1. The summed E-state index contributed by atoms with van der Waals surface area (Å²) in [6.07, 6.45) is 0.677. The minimum Gasteiger partial charge on any atom is -0.337 e. The summed E-state index contributed by atoms with van der Waals surface area (Å²) >= 11 is 0. The van der Waals surface area contributed by atoms with Gasteiger partial charge in [0, 0.05) is 37.7 Å². The molecule has 2 aromatic carbocycles. The smallest absolute Gasteiger partial charge is 0.317 e. The number of amides is 3. The summed E-state index contributed by atoms with van der Waals surface area (Å²) < 4.78 is 14.1. The zero-order chi connectivity index (χ0) is 20.3. The largest absolute Gasteiger partial charge is 0.337 e. The molecule has 5 nitrogen and oxygen atoms in total. The van der Waals surface area contributed by atoms with Gasteiger partial charge in [-0.05, 0) is 35.2 Å². The van der Waals surface area contributed by atoms with Crippen LogP contribution in [0.1, 0.15) is 37.5 Å². The predicted molar refractivity (Wildman–Crippen MR) is 108 cm³/mol. The molecule has 1 heterocycles. The van der Waals surface area contributed by atoms with E-state index in [1.54, 1.807) is 23.1 Å². The zero-order valence-electron chi connectivity index (χ0n) is 16.5. The standard InChI is InChI=1S/C22H26FN3O2/c1-15(27)25-20-10-6-7-16-13-26(12-11-17(16)20)21(28)24-14-22(2,3)18-8-4-5-9-19(18)23/h4-10H,11-14H2,1-3H3,(H,24,28)(H,25,27). The van der Waals surface area contributed by atoms with Gasteiger partial charge >= 0.3 is 6.03 Å². The summed E-state index contributed by atoms with van der Waals surface area (Å²) in [5, 5.41) is 5.80. The van der Waals surface area contributed by atoms with Crippen LogP contribution in [-0.2, 0) is 23.2 Å². The molecule has 148 valence electrons. The average Bonchev–Trinajstić information content (AvgIpc) is 2.66. The van der Waals surface area contributed by atoms with Crippen LogP contribution >= 0.6 is 0 Å². The molecule has 0 aliphatic carbocycles. The van der Waals surface area contributed by atoms with Crippen molar-refractivity contribution in [2.45, 2.75) is 39.2 Å². The van der Waals surface area contributed by atoms with Crippen LogP contribution < -0.4 is 10.6 Å². The first-order valence-electron chi connectivity index (χ1n) is 9.44. The third-order valence-electron chi connectivity index (χ3n) is 5.15. The van der Waals surface area contributed by atoms with E-state index in [4.69, 9.17) is 0 Å². The Morgan fingerprint density at radius 2 is 1.89 bits per heavy atom. The van der Waals surface area contributed by atoms with Crippen molar-refractivity contribution >= 4 is 17.6 Å². The van der Waals surface area contributed by atoms with Crippen LogP contribution in [0.3, 0.4) is 0 Å². The lowest BCUT2D eigenvalue weighted by molar-refractivity contribution is -0.114. The fourth-order valence-electron chi connectivity index (χ4n) is 3.60. The molecule has 0 atom stereocenters. The number of hydrogen-bond donors (Lipinski definition) is 2. The number of anilines is 1. The molecular formula is C22H26FN3O2. The highest BCUT2D eigenvalue weighted by Gasteiger charge is 2.27. The maximum Gasteiger partial charge on any atom is 0.317 e. The minimum atomic E-state index is -0.521. The van der Waals surface area contributed by atoms with Crippen LogP contribution in [0, 0.1) is 5.82 Å². The molecule has 6 heteroatoms. The van der Waals surface area contributed by atoms with Crippen molar-refractivity contribution in [1.29, 1.82) is 0 Å². The fourth-order valence-corrected chi connectivity index (χ4v) is 3.60. The lowest BCUT2D eigenvalue weighted by atomic mass is 9.84. The van der Waals surface area contributed by atoms with Crippen LogP contribution in [-0.4, -0.2) is 29.9 Å². The summed E-state index contributed by atoms with van der Waals surface area (Å²) in [7, 11) is 0. The molecule has 0 bridgehead atoms. The van der Waals surface area contributed by atoms with Gasteiger partial charge in [-0.25, -0.2) is 9.18 Å². The first-order valence-corrected chi connectivity index (χ1v) is 9.44. The average molecular weight is 383 g/mol. The van der Waals surface area contributed by atoms with E-state index in [2.05, 4.69) is 10.6 Å². The number of hydrogen-bond acceptors (Lipinski definition) is 2. The van der Waals surface area contributed by atoms with Gasteiger partial charge < -0.3 is 15.5 Å². The van der Waals surface area contributed by atoms with Crippen molar-refractivity contribution in [2.75, 3.05) is 18.4 Å². The fraction of sp³-hybridized carbons (Fsp3) is 0.364. The molecule has 3 rings (SSSR count). The molecule has 0 saturated carbocycles. The van der Waals surface area contributed by atoms with E-state index < -0.39 is 5.41 Å². The van der Waals surface area contributed by atoms with E-state index in [1.807, 2.05) is 32.0 Å². The first-order chi connectivity index (χ1) is 13.3. The Kier molecular flexibility index (Phi) is 5.68. The Balaban J connectivity index is 1.65. The second-order valence-corrected chi connectivity index (χ2v) is 7.82. The van der Waals surface area contributed by atoms with E-state index in [0.29, 0.717) is 31.6 Å². The Bertz CT molecular complexity index is 895. The number of benzene rings is 2. The summed E-state index contributed by atoms with van der Waals surface area (Å²) in [5.74, 6) is -0.372. The van der Waals surface area contributed by atoms with Gasteiger partial charge in [0.25, 0.3) is 0 Å². The number of urea groups is 1. The molecule has 0 fully saturated rings. The van der Waals surface area contributed by atoms with Gasteiger partial charge in [-0.2, -0.15) is 0 Å². The third-order valence-corrected chi connectivity index (χ3v) is 5.15. The second-order valence-electron chi connectivity index (χ2n) is 7.82. The van der Waals surface area contributed by atoms with Crippen molar-refractivity contribution in [3.8, 4) is 0 Å². The lowest BCUT2D eigenvalue weighted by Gasteiger charge is -2.32. The van der Waals surface area contributed by atoms with Gasteiger partial charge in [0.15, 0.2) is 0 Å². The maximum atomic E-state index is 14.1. The molecule has 0 radical (unpaired) electrons. The SMILES string of the molecule is CC(=O)Nc1cccc2c1CCN(C(=O)NCC(C)(C)c1ccccc1F)C2. The van der Waals surface area contributed by atoms with Crippen molar-refractivity contribution in [3.05, 3.63) is 65.0 Å². The zero-order valence-corrected chi connectivity index (χ0v) is 16.5. The number of rotatable bonds is 4. The van der Waals surface area contributed by atoms with E-state index in [1.165, 1.54) is 13.0 Å². The predicted octanol–water partition coefficient (Wildman–Crippen LogP) is 3.83. The highest BCUT2D eigenvalue weighted by Crippen LogP contribution is 2.27. The van der Waals surface area contributed by atoms with Gasteiger partial charge in [0.05, 0.1) is 0 Å². The van der Waals surface area contributed by atoms with Gasteiger partial charge in [-0.3, -0.25) is 4.79 Å². The number of fused-ring (bicyclic) bond motifs is 1. The quantitative estimate of drug-likeness (QED) is 0.843. The molecule has 0 unspecified atom stereocenters. The molecule has 1 aliphatic heterocycles. The second kappa shape index (κ2) is 8.00. The molecule has 0 spiro atoms. The Hall–Kier alpha value is -2.89. The number of halogens is 1. The summed E-state index contributed by atoms with van der Waals surface area (Å²) in [6.45, 7) is 6.69. The molecule has 28 heavy (non-hydrogen) atoms. The van der Waals surface area contributed by atoms with Crippen LogP contribution in [0.2, 0.25) is 0 Å². The molecule has 2 N–H and O–H groups in total. The molecule has 1 aliphatic rings. The van der Waals surface area contributed by atoms with Crippen molar-refractivity contribution < 1.29 is 14.0 Å². The van der Waals surface area contributed by atoms with Crippen LogP contribution in [0.5, 0.6) is 0 Å². The minimum absolute atomic E-state index is 0.107. The Labute approximate surface area is 164 Å². The van der Waals surface area contributed by atoms with Crippen LogP contribution in [0.15, 0.2) is 42.5 Å². The van der Waals surface area contributed by atoms with Crippen LogP contribution in [0.25, 0.3) is 0 Å². The molecule has 0 aromatic heterocycles. The summed E-state index contributed by atoms with van der Waals surface area (Å²) in [5.41, 5.74) is 2.98. The van der Waals surface area contributed by atoms with Gasteiger partial charge in [-0.15, -0.1) is 0 Å². The Morgan fingerprint density at radius 3 is 2.61 bits per heavy atom. The molecule has 2 aromatic rings. The van der Waals surface area contributed by atoms with E-state index in [0.717, 1.165) is 16.8 Å². The molecule has 3 amide bonds.